The van der Waals surface area contributed by atoms with Crippen molar-refractivity contribution in [2.45, 2.75) is 19.5 Å². The highest BCUT2D eigenvalue weighted by molar-refractivity contribution is 7.17. The Kier molecular flexibility index (Phi) is 4.06. The molecule has 2 heterocycles. The van der Waals surface area contributed by atoms with E-state index in [1.54, 1.807) is 11.3 Å². The molecule has 1 aliphatic rings. The molecule has 0 aliphatic carbocycles. The van der Waals surface area contributed by atoms with Gasteiger partial charge in [-0.05, 0) is 64.7 Å². The molecule has 2 aromatic carbocycles. The topological polar surface area (TPSA) is 67.2 Å². The van der Waals surface area contributed by atoms with Crippen molar-refractivity contribution in [3.8, 4) is 0 Å². The highest BCUT2D eigenvalue weighted by Gasteiger charge is 2.13. The Morgan fingerprint density at radius 1 is 1.17 bits per heavy atom. The van der Waals surface area contributed by atoms with E-state index in [4.69, 9.17) is 5.73 Å². The fourth-order valence-electron chi connectivity index (χ4n) is 3.15. The summed E-state index contributed by atoms with van der Waals surface area (Å²) < 4.78 is 1.13. The molecule has 24 heavy (non-hydrogen) atoms. The van der Waals surface area contributed by atoms with Crippen LogP contribution >= 0.6 is 11.3 Å². The predicted molar refractivity (Wildman–Crippen MR) is 99.5 cm³/mol. The lowest BCUT2D eigenvalue weighted by molar-refractivity contribution is 0.102. The standard InChI is InChI=1S/C19H19N3OS/c20-6-5-14-11-24-18-8-12(2-4-17(14)18)19(23)22-16-3-1-13-9-21-10-15(13)7-16/h1-4,7-8,11,21H,5-6,9-10,20H2,(H,22,23). The van der Waals surface area contributed by atoms with Crippen LogP contribution in [0.1, 0.15) is 27.0 Å². The molecule has 5 heteroatoms. The minimum Gasteiger partial charge on any atom is -0.330 e. The van der Waals surface area contributed by atoms with Crippen LogP contribution in [0.25, 0.3) is 10.1 Å². The second-order valence-corrected chi connectivity index (χ2v) is 6.96. The van der Waals surface area contributed by atoms with Crippen molar-refractivity contribution in [2.75, 3.05) is 11.9 Å². The maximum Gasteiger partial charge on any atom is 0.255 e. The number of hydrogen-bond donors (Lipinski definition) is 3. The second kappa shape index (κ2) is 6.36. The number of amides is 1. The number of rotatable bonds is 4. The Bertz CT molecular complexity index is 916. The number of hydrogen-bond acceptors (Lipinski definition) is 4. The number of nitrogens with one attached hydrogen (secondary N) is 2. The Labute approximate surface area is 144 Å². The van der Waals surface area contributed by atoms with Crippen LogP contribution in [0.5, 0.6) is 0 Å². The van der Waals surface area contributed by atoms with Crippen molar-refractivity contribution in [3.05, 3.63) is 64.0 Å². The molecule has 0 unspecified atom stereocenters. The SMILES string of the molecule is NCCc1csc2cc(C(=O)Nc3ccc4c(c3)CNC4)ccc12. The van der Waals surface area contributed by atoms with Crippen molar-refractivity contribution in [2.24, 2.45) is 5.73 Å². The molecule has 0 spiro atoms. The van der Waals surface area contributed by atoms with Crippen molar-refractivity contribution in [1.29, 1.82) is 0 Å². The summed E-state index contributed by atoms with van der Waals surface area (Å²) in [7, 11) is 0. The molecular weight excluding hydrogens is 318 g/mol. The van der Waals surface area contributed by atoms with Crippen LogP contribution in [0.3, 0.4) is 0 Å². The molecule has 0 atom stereocenters. The third-order valence-corrected chi connectivity index (χ3v) is 5.42. The van der Waals surface area contributed by atoms with Gasteiger partial charge in [-0.2, -0.15) is 0 Å². The van der Waals surface area contributed by atoms with Crippen molar-refractivity contribution in [3.63, 3.8) is 0 Å². The average Bonchev–Trinajstić information content (AvgIpc) is 3.21. The van der Waals surface area contributed by atoms with Crippen LogP contribution in [-0.4, -0.2) is 12.5 Å². The van der Waals surface area contributed by atoms with Gasteiger partial charge in [0.1, 0.15) is 0 Å². The van der Waals surface area contributed by atoms with Crippen LogP contribution in [-0.2, 0) is 19.5 Å². The van der Waals surface area contributed by atoms with E-state index in [0.717, 1.165) is 29.9 Å². The Morgan fingerprint density at radius 3 is 2.92 bits per heavy atom. The summed E-state index contributed by atoms with van der Waals surface area (Å²) in [5.74, 6) is -0.0726. The van der Waals surface area contributed by atoms with Gasteiger partial charge < -0.3 is 16.4 Å². The molecule has 0 bridgehead atoms. The zero-order valence-electron chi connectivity index (χ0n) is 13.3. The summed E-state index contributed by atoms with van der Waals surface area (Å²) in [6, 6.07) is 12.0. The van der Waals surface area contributed by atoms with Gasteiger partial charge in [-0.1, -0.05) is 12.1 Å². The maximum atomic E-state index is 12.5. The lowest BCUT2D eigenvalue weighted by atomic mass is 10.1. The number of thiophene rings is 1. The first kappa shape index (κ1) is 15.3. The van der Waals surface area contributed by atoms with Gasteiger partial charge in [-0.15, -0.1) is 11.3 Å². The Balaban J connectivity index is 1.57. The molecule has 0 fully saturated rings. The summed E-state index contributed by atoms with van der Waals surface area (Å²) in [4.78, 5) is 12.5. The lowest BCUT2D eigenvalue weighted by Crippen LogP contribution is -2.12. The minimum absolute atomic E-state index is 0.0726. The van der Waals surface area contributed by atoms with Gasteiger partial charge in [0.15, 0.2) is 0 Å². The zero-order valence-corrected chi connectivity index (χ0v) is 14.1. The third-order valence-electron chi connectivity index (χ3n) is 4.43. The number of anilines is 1. The van der Waals surface area contributed by atoms with E-state index in [-0.39, 0.29) is 5.91 Å². The third kappa shape index (κ3) is 2.82. The molecule has 1 amide bonds. The van der Waals surface area contributed by atoms with Gasteiger partial charge in [0.25, 0.3) is 5.91 Å². The van der Waals surface area contributed by atoms with Crippen LogP contribution in [0.4, 0.5) is 5.69 Å². The largest absolute Gasteiger partial charge is 0.330 e. The lowest BCUT2D eigenvalue weighted by Gasteiger charge is -2.07. The van der Waals surface area contributed by atoms with Crippen LogP contribution in [0.2, 0.25) is 0 Å². The average molecular weight is 337 g/mol. The fraction of sp³-hybridized carbons (Fsp3) is 0.211. The summed E-state index contributed by atoms with van der Waals surface area (Å²) in [6.07, 6.45) is 0.870. The van der Waals surface area contributed by atoms with E-state index in [2.05, 4.69) is 28.1 Å². The summed E-state index contributed by atoms with van der Waals surface area (Å²) in [6.45, 7) is 2.41. The molecule has 0 saturated heterocycles. The van der Waals surface area contributed by atoms with Gasteiger partial charge in [0.2, 0.25) is 0 Å². The highest BCUT2D eigenvalue weighted by Crippen LogP contribution is 2.28. The van der Waals surface area contributed by atoms with Crippen LogP contribution < -0.4 is 16.4 Å². The Morgan fingerprint density at radius 2 is 2.04 bits per heavy atom. The van der Waals surface area contributed by atoms with E-state index < -0.39 is 0 Å². The van der Waals surface area contributed by atoms with E-state index in [1.807, 2.05) is 24.3 Å². The van der Waals surface area contributed by atoms with Gasteiger partial charge in [-0.3, -0.25) is 4.79 Å². The van der Waals surface area contributed by atoms with E-state index in [0.29, 0.717) is 12.1 Å². The smallest absolute Gasteiger partial charge is 0.255 e. The molecule has 0 saturated carbocycles. The predicted octanol–water partition coefficient (Wildman–Crippen LogP) is 3.26. The first-order valence-electron chi connectivity index (χ1n) is 8.08. The number of carbonyl (C=O) groups excluding carboxylic acids is 1. The second-order valence-electron chi connectivity index (χ2n) is 6.05. The van der Waals surface area contributed by atoms with Crippen molar-refractivity contribution in [1.82, 2.24) is 5.32 Å². The molecule has 4 nitrogen and oxygen atoms in total. The van der Waals surface area contributed by atoms with Crippen molar-refractivity contribution < 1.29 is 4.79 Å². The van der Waals surface area contributed by atoms with E-state index >= 15 is 0 Å². The molecule has 122 valence electrons. The molecule has 4 rings (SSSR count). The monoisotopic (exact) mass is 337 g/mol. The van der Waals surface area contributed by atoms with Gasteiger partial charge >= 0.3 is 0 Å². The van der Waals surface area contributed by atoms with Crippen molar-refractivity contribution >= 4 is 33.0 Å². The zero-order chi connectivity index (χ0) is 16.5. The first-order valence-corrected chi connectivity index (χ1v) is 8.96. The number of nitrogens with two attached hydrogens (primary N) is 1. The molecule has 4 N–H and O–H groups in total. The summed E-state index contributed by atoms with van der Waals surface area (Å²) in [5.41, 5.74) is 11.0. The molecule has 0 radical (unpaired) electrons. The first-order chi connectivity index (χ1) is 11.7. The van der Waals surface area contributed by atoms with Gasteiger partial charge in [0, 0.05) is 29.0 Å². The quantitative estimate of drug-likeness (QED) is 0.684. The summed E-state index contributed by atoms with van der Waals surface area (Å²) >= 11 is 1.66. The van der Waals surface area contributed by atoms with Crippen LogP contribution in [0.15, 0.2) is 41.8 Å². The normalized spacial score (nSPS) is 13.2. The van der Waals surface area contributed by atoms with E-state index in [9.17, 15) is 4.79 Å². The Hall–Kier alpha value is -2.21. The van der Waals surface area contributed by atoms with Gasteiger partial charge in [0.05, 0.1) is 0 Å². The minimum atomic E-state index is -0.0726. The highest BCUT2D eigenvalue weighted by atomic mass is 32.1. The van der Waals surface area contributed by atoms with Crippen LogP contribution in [0, 0.1) is 0 Å². The molecular formula is C19H19N3OS. The van der Waals surface area contributed by atoms with E-state index in [1.165, 1.54) is 22.1 Å². The molecule has 1 aromatic heterocycles. The number of carbonyl (C=O) groups is 1. The number of benzene rings is 2. The number of fused-ring (bicyclic) bond motifs is 2. The maximum absolute atomic E-state index is 12.5. The van der Waals surface area contributed by atoms with Gasteiger partial charge in [-0.25, -0.2) is 0 Å². The molecule has 1 aliphatic heterocycles. The molecule has 3 aromatic rings. The summed E-state index contributed by atoms with van der Waals surface area (Å²) in [5, 5.41) is 9.65. The fourth-order valence-corrected chi connectivity index (χ4v) is 4.18.